The molecule has 21 heavy (non-hydrogen) atoms. The Morgan fingerprint density at radius 1 is 1.33 bits per heavy atom. The molecular formula is C16H17FN2O2. The summed E-state index contributed by atoms with van der Waals surface area (Å²) in [7, 11) is 0. The van der Waals surface area contributed by atoms with Crippen LogP contribution in [0.15, 0.2) is 41.2 Å². The number of allylic oxidation sites excluding steroid dienone is 2. The molecular weight excluding hydrogens is 271 g/mol. The summed E-state index contributed by atoms with van der Waals surface area (Å²) in [5.41, 5.74) is 0.525. The van der Waals surface area contributed by atoms with Gasteiger partial charge in [0.2, 0.25) is 0 Å². The number of nitrogens with one attached hydrogen (secondary N) is 1. The van der Waals surface area contributed by atoms with E-state index in [4.69, 9.17) is 0 Å². The maximum atomic E-state index is 12.9. The molecule has 0 aliphatic carbocycles. The van der Waals surface area contributed by atoms with Gasteiger partial charge in [-0.1, -0.05) is 12.2 Å². The van der Waals surface area contributed by atoms with Gasteiger partial charge in [-0.2, -0.15) is 0 Å². The number of benzene rings is 1. The fourth-order valence-electron chi connectivity index (χ4n) is 2.23. The number of rotatable bonds is 4. The first-order valence-corrected chi connectivity index (χ1v) is 6.70. The molecule has 1 aromatic carbocycles. The molecule has 0 saturated carbocycles. The van der Waals surface area contributed by atoms with Gasteiger partial charge in [0.25, 0.3) is 5.56 Å². The van der Waals surface area contributed by atoms with Crippen molar-refractivity contribution in [1.82, 2.24) is 9.78 Å². The number of nitrogens with zero attached hydrogens (tertiary/aromatic N) is 1. The predicted molar refractivity (Wildman–Crippen MR) is 79.1 cm³/mol. The number of aromatic nitrogens is 2. The van der Waals surface area contributed by atoms with Crippen LogP contribution in [0.2, 0.25) is 0 Å². The van der Waals surface area contributed by atoms with Crippen molar-refractivity contribution in [1.29, 1.82) is 0 Å². The molecule has 1 atom stereocenters. The van der Waals surface area contributed by atoms with Crippen LogP contribution in [0.4, 0.5) is 4.39 Å². The summed E-state index contributed by atoms with van der Waals surface area (Å²) in [6.07, 6.45) is 3.69. The minimum absolute atomic E-state index is 0.0953. The number of carbonyl (C=O) groups excluding carboxylic acids is 1. The molecule has 1 N–H and O–H groups in total. The molecule has 5 heteroatoms. The Labute approximate surface area is 121 Å². The molecule has 2 rings (SSSR count). The van der Waals surface area contributed by atoms with Gasteiger partial charge in [0.15, 0.2) is 5.78 Å². The standard InChI is InChI=1S/C16H17FN2O2/c1-4-5-10(2)19-16(21)14(11(3)18-19)15(20)12-6-8-13(17)9-7-12/h4-10,18H,1-3H3/b5-4+. The van der Waals surface area contributed by atoms with Crippen molar-refractivity contribution < 1.29 is 9.18 Å². The Balaban J connectivity index is 2.47. The van der Waals surface area contributed by atoms with E-state index in [1.54, 1.807) is 6.92 Å². The molecule has 2 aromatic rings. The summed E-state index contributed by atoms with van der Waals surface area (Å²) in [5.74, 6) is -0.823. The Bertz CT molecular complexity index is 739. The number of aryl methyl sites for hydroxylation is 1. The molecule has 0 saturated heterocycles. The van der Waals surface area contributed by atoms with Crippen molar-refractivity contribution in [3.8, 4) is 0 Å². The zero-order valence-corrected chi connectivity index (χ0v) is 12.2. The monoisotopic (exact) mass is 288 g/mol. The van der Waals surface area contributed by atoms with Crippen molar-refractivity contribution in [2.75, 3.05) is 0 Å². The number of aromatic amines is 1. The topological polar surface area (TPSA) is 54.9 Å². The van der Waals surface area contributed by atoms with Crippen LogP contribution < -0.4 is 5.56 Å². The Kier molecular flexibility index (Phi) is 4.21. The van der Waals surface area contributed by atoms with Crippen LogP contribution in [0.3, 0.4) is 0 Å². The van der Waals surface area contributed by atoms with Crippen LogP contribution in [0.1, 0.15) is 41.5 Å². The molecule has 0 fully saturated rings. The van der Waals surface area contributed by atoms with E-state index < -0.39 is 11.6 Å². The first-order chi connectivity index (χ1) is 9.95. The van der Waals surface area contributed by atoms with E-state index in [0.29, 0.717) is 11.3 Å². The molecule has 110 valence electrons. The van der Waals surface area contributed by atoms with E-state index in [2.05, 4.69) is 5.10 Å². The predicted octanol–water partition coefficient (Wildman–Crippen LogP) is 2.99. The van der Waals surface area contributed by atoms with Crippen LogP contribution in [0, 0.1) is 12.7 Å². The van der Waals surface area contributed by atoms with Crippen molar-refractivity contribution >= 4 is 5.78 Å². The second-order valence-corrected chi connectivity index (χ2v) is 4.89. The highest BCUT2D eigenvalue weighted by atomic mass is 19.1. The number of H-pyrrole nitrogens is 1. The molecule has 0 aliphatic heterocycles. The first kappa shape index (κ1) is 15.0. The summed E-state index contributed by atoms with van der Waals surface area (Å²) >= 11 is 0. The maximum absolute atomic E-state index is 12.9. The summed E-state index contributed by atoms with van der Waals surface area (Å²) in [4.78, 5) is 24.8. The van der Waals surface area contributed by atoms with Crippen LogP contribution in [0.5, 0.6) is 0 Å². The molecule has 0 bridgehead atoms. The van der Waals surface area contributed by atoms with Gasteiger partial charge in [0.1, 0.15) is 11.4 Å². The maximum Gasteiger partial charge on any atom is 0.278 e. The minimum atomic E-state index is -0.420. The fourth-order valence-corrected chi connectivity index (χ4v) is 2.23. The van der Waals surface area contributed by atoms with E-state index in [1.807, 2.05) is 26.0 Å². The molecule has 1 aromatic heterocycles. The third-order valence-corrected chi connectivity index (χ3v) is 3.31. The van der Waals surface area contributed by atoms with Crippen LogP contribution in [-0.2, 0) is 0 Å². The Hall–Kier alpha value is -2.43. The minimum Gasteiger partial charge on any atom is -0.299 e. The summed E-state index contributed by atoms with van der Waals surface area (Å²) < 4.78 is 14.3. The van der Waals surface area contributed by atoms with E-state index in [-0.39, 0.29) is 17.2 Å². The van der Waals surface area contributed by atoms with E-state index in [9.17, 15) is 14.0 Å². The normalized spacial score (nSPS) is 12.8. The molecule has 0 spiro atoms. The van der Waals surface area contributed by atoms with E-state index in [1.165, 1.54) is 28.9 Å². The highest BCUT2D eigenvalue weighted by Crippen LogP contribution is 2.12. The highest BCUT2D eigenvalue weighted by Gasteiger charge is 2.21. The smallest absolute Gasteiger partial charge is 0.278 e. The van der Waals surface area contributed by atoms with Gasteiger partial charge in [0, 0.05) is 11.3 Å². The van der Waals surface area contributed by atoms with Crippen LogP contribution in [-0.4, -0.2) is 15.6 Å². The molecule has 0 radical (unpaired) electrons. The average molecular weight is 288 g/mol. The van der Waals surface area contributed by atoms with Gasteiger partial charge in [-0.05, 0) is 45.0 Å². The van der Waals surface area contributed by atoms with Gasteiger partial charge in [-0.3, -0.25) is 14.7 Å². The zero-order chi connectivity index (χ0) is 15.6. The third-order valence-electron chi connectivity index (χ3n) is 3.31. The van der Waals surface area contributed by atoms with Gasteiger partial charge < -0.3 is 0 Å². The second kappa shape index (κ2) is 5.91. The first-order valence-electron chi connectivity index (χ1n) is 6.70. The van der Waals surface area contributed by atoms with Crippen molar-refractivity contribution in [2.24, 2.45) is 0 Å². The van der Waals surface area contributed by atoms with Crippen molar-refractivity contribution in [3.63, 3.8) is 0 Å². The number of hydrogen-bond acceptors (Lipinski definition) is 2. The fraction of sp³-hybridized carbons (Fsp3) is 0.250. The Morgan fingerprint density at radius 3 is 2.52 bits per heavy atom. The van der Waals surface area contributed by atoms with Gasteiger partial charge in [-0.15, -0.1) is 0 Å². The molecule has 0 aliphatic rings. The second-order valence-electron chi connectivity index (χ2n) is 4.89. The molecule has 0 amide bonds. The van der Waals surface area contributed by atoms with Crippen LogP contribution >= 0.6 is 0 Å². The number of hydrogen-bond donors (Lipinski definition) is 1. The van der Waals surface area contributed by atoms with Crippen LogP contribution in [0.25, 0.3) is 0 Å². The SMILES string of the molecule is C/C=C/C(C)n1[nH]c(C)c(C(=O)c2ccc(F)cc2)c1=O. The molecule has 1 heterocycles. The highest BCUT2D eigenvalue weighted by molar-refractivity contribution is 6.09. The summed E-state index contributed by atoms with van der Waals surface area (Å²) in [6.45, 7) is 5.39. The van der Waals surface area contributed by atoms with Gasteiger partial charge in [0.05, 0.1) is 6.04 Å². The number of carbonyl (C=O) groups is 1. The lowest BCUT2D eigenvalue weighted by Gasteiger charge is -2.06. The largest absolute Gasteiger partial charge is 0.299 e. The summed E-state index contributed by atoms with van der Waals surface area (Å²) in [6, 6.07) is 5.00. The zero-order valence-electron chi connectivity index (χ0n) is 12.2. The summed E-state index contributed by atoms with van der Waals surface area (Å²) in [5, 5.41) is 2.92. The average Bonchev–Trinajstić information content (AvgIpc) is 2.74. The lowest BCUT2D eigenvalue weighted by molar-refractivity contribution is 0.103. The number of halogens is 1. The number of ketones is 1. The Morgan fingerprint density at radius 2 is 1.95 bits per heavy atom. The quantitative estimate of drug-likeness (QED) is 0.694. The van der Waals surface area contributed by atoms with E-state index >= 15 is 0 Å². The van der Waals surface area contributed by atoms with Gasteiger partial charge >= 0.3 is 0 Å². The van der Waals surface area contributed by atoms with Crippen molar-refractivity contribution in [2.45, 2.75) is 26.8 Å². The third kappa shape index (κ3) is 2.86. The lowest BCUT2D eigenvalue weighted by atomic mass is 10.0. The lowest BCUT2D eigenvalue weighted by Crippen LogP contribution is -2.24. The van der Waals surface area contributed by atoms with E-state index in [0.717, 1.165) is 0 Å². The molecule has 1 unspecified atom stereocenters. The molecule has 4 nitrogen and oxygen atoms in total. The van der Waals surface area contributed by atoms with Crippen molar-refractivity contribution in [3.05, 3.63) is 69.4 Å². The van der Waals surface area contributed by atoms with Gasteiger partial charge in [-0.25, -0.2) is 9.07 Å².